The van der Waals surface area contributed by atoms with Crippen LogP contribution in [0.5, 0.6) is 0 Å². The van der Waals surface area contributed by atoms with Crippen LogP contribution in [-0.2, 0) is 21.4 Å². The first kappa shape index (κ1) is 21.1. The Kier molecular flexibility index (Phi) is 5.76. The maximum absolute atomic E-state index is 13.1. The van der Waals surface area contributed by atoms with Gasteiger partial charge in [0.2, 0.25) is 15.9 Å². The second-order valence-corrected chi connectivity index (χ2v) is 10.5. The van der Waals surface area contributed by atoms with E-state index in [4.69, 9.17) is 4.42 Å². The van der Waals surface area contributed by atoms with Crippen molar-refractivity contribution >= 4 is 27.0 Å². The molecule has 0 saturated carbocycles. The van der Waals surface area contributed by atoms with E-state index in [-0.39, 0.29) is 29.0 Å². The molecule has 4 rings (SSSR count). The van der Waals surface area contributed by atoms with Crippen LogP contribution >= 0.6 is 0 Å². The Balaban J connectivity index is 1.60. The van der Waals surface area contributed by atoms with Crippen molar-refractivity contribution in [3.05, 3.63) is 28.7 Å². The summed E-state index contributed by atoms with van der Waals surface area (Å²) in [7, 11) is -3.66. The number of sulfonamides is 1. The maximum Gasteiger partial charge on any atom is 0.420 e. The summed E-state index contributed by atoms with van der Waals surface area (Å²) in [6.07, 6.45) is 4.62. The summed E-state index contributed by atoms with van der Waals surface area (Å²) in [5.41, 5.74) is 0.621. The van der Waals surface area contributed by atoms with Gasteiger partial charge in [0.15, 0.2) is 5.58 Å². The fourth-order valence-corrected chi connectivity index (χ4v) is 6.13. The van der Waals surface area contributed by atoms with Gasteiger partial charge in [0.25, 0.3) is 0 Å². The van der Waals surface area contributed by atoms with Gasteiger partial charge < -0.3 is 9.32 Å². The molecule has 164 valence electrons. The van der Waals surface area contributed by atoms with Gasteiger partial charge in [0.1, 0.15) is 6.54 Å². The molecular weight excluding hydrogens is 406 g/mol. The zero-order valence-electron chi connectivity index (χ0n) is 17.5. The Morgan fingerprint density at radius 3 is 2.53 bits per heavy atom. The molecule has 2 aromatic rings. The van der Waals surface area contributed by atoms with Crippen LogP contribution in [0.4, 0.5) is 0 Å². The second-order valence-electron chi connectivity index (χ2n) is 8.61. The zero-order valence-corrected chi connectivity index (χ0v) is 18.4. The molecule has 1 atom stereocenters. The third-order valence-electron chi connectivity index (χ3n) is 6.42. The number of benzene rings is 1. The predicted octanol–water partition coefficient (Wildman–Crippen LogP) is 2.42. The second kappa shape index (κ2) is 8.19. The summed E-state index contributed by atoms with van der Waals surface area (Å²) in [5.74, 6) is -0.162. The summed E-state index contributed by atoms with van der Waals surface area (Å²) in [6.45, 7) is 5.87. The van der Waals surface area contributed by atoms with Crippen molar-refractivity contribution in [3.8, 4) is 0 Å². The van der Waals surface area contributed by atoms with E-state index in [2.05, 4.69) is 6.92 Å². The van der Waals surface area contributed by atoms with Crippen LogP contribution in [0.1, 0.15) is 46.0 Å². The highest BCUT2D eigenvalue weighted by Gasteiger charge is 2.31. The molecule has 0 N–H and O–H groups in total. The molecule has 9 heteroatoms. The minimum absolute atomic E-state index is 0.0547. The van der Waals surface area contributed by atoms with Gasteiger partial charge in [-0.1, -0.05) is 13.3 Å². The normalized spacial score (nSPS) is 21.9. The van der Waals surface area contributed by atoms with Crippen LogP contribution in [0.25, 0.3) is 11.1 Å². The van der Waals surface area contributed by atoms with E-state index in [0.717, 1.165) is 32.1 Å². The molecule has 2 fully saturated rings. The highest BCUT2D eigenvalue weighted by atomic mass is 32.2. The van der Waals surface area contributed by atoms with Gasteiger partial charge >= 0.3 is 5.76 Å². The minimum Gasteiger partial charge on any atom is -0.408 e. The Morgan fingerprint density at radius 1 is 1.10 bits per heavy atom. The van der Waals surface area contributed by atoms with Gasteiger partial charge in [-0.3, -0.25) is 9.36 Å². The van der Waals surface area contributed by atoms with Crippen molar-refractivity contribution in [1.29, 1.82) is 0 Å². The lowest BCUT2D eigenvalue weighted by Gasteiger charge is -2.32. The van der Waals surface area contributed by atoms with Crippen LogP contribution in [0.3, 0.4) is 0 Å². The molecule has 0 unspecified atom stereocenters. The fraction of sp³-hybridized carbons (Fsp3) is 0.619. The number of aromatic nitrogens is 1. The molecule has 3 heterocycles. The Labute approximate surface area is 176 Å². The molecule has 2 saturated heterocycles. The molecule has 1 aromatic carbocycles. The Morgan fingerprint density at radius 2 is 1.83 bits per heavy atom. The first-order valence-electron chi connectivity index (χ1n) is 10.7. The SMILES string of the molecule is CC1CCN(C(=O)Cn2c(=O)oc3cc(S(=O)(=O)N4CCCC[C@H]4C)ccc32)CC1. The number of carbonyl (C=O) groups excluding carboxylic acids is 1. The Bertz CT molecular complexity index is 1100. The molecular formula is C21H29N3O5S. The number of hydrogen-bond acceptors (Lipinski definition) is 5. The van der Waals surface area contributed by atoms with E-state index >= 15 is 0 Å². The van der Waals surface area contributed by atoms with Gasteiger partial charge in [-0.2, -0.15) is 4.31 Å². The number of amides is 1. The van der Waals surface area contributed by atoms with Gasteiger partial charge in [0.05, 0.1) is 10.4 Å². The van der Waals surface area contributed by atoms with E-state index in [9.17, 15) is 18.0 Å². The molecule has 0 bridgehead atoms. The number of likely N-dealkylation sites (tertiary alicyclic amines) is 1. The van der Waals surface area contributed by atoms with Crippen LogP contribution in [0, 0.1) is 5.92 Å². The van der Waals surface area contributed by atoms with Crippen LogP contribution in [0.2, 0.25) is 0 Å². The highest BCUT2D eigenvalue weighted by Crippen LogP contribution is 2.27. The molecule has 2 aliphatic rings. The van der Waals surface area contributed by atoms with Crippen molar-refractivity contribution in [2.24, 2.45) is 5.92 Å². The third kappa shape index (κ3) is 3.92. The molecule has 1 amide bonds. The smallest absolute Gasteiger partial charge is 0.408 e. The van der Waals surface area contributed by atoms with Crippen molar-refractivity contribution in [3.63, 3.8) is 0 Å². The van der Waals surface area contributed by atoms with Crippen LogP contribution < -0.4 is 5.76 Å². The van der Waals surface area contributed by atoms with Gasteiger partial charge in [-0.15, -0.1) is 0 Å². The zero-order chi connectivity index (χ0) is 21.5. The molecule has 0 radical (unpaired) electrons. The van der Waals surface area contributed by atoms with Crippen molar-refractivity contribution in [2.75, 3.05) is 19.6 Å². The van der Waals surface area contributed by atoms with Crippen molar-refractivity contribution in [2.45, 2.75) is 63.4 Å². The summed E-state index contributed by atoms with van der Waals surface area (Å²) in [4.78, 5) is 26.9. The van der Waals surface area contributed by atoms with Gasteiger partial charge in [-0.05, 0) is 50.7 Å². The number of oxazole rings is 1. The number of fused-ring (bicyclic) bond motifs is 1. The number of carbonyl (C=O) groups is 1. The molecule has 8 nitrogen and oxygen atoms in total. The third-order valence-corrected chi connectivity index (χ3v) is 8.43. The predicted molar refractivity (Wildman–Crippen MR) is 113 cm³/mol. The molecule has 0 spiro atoms. The standard InChI is InChI=1S/C21H29N3O5S/c1-15-8-11-22(12-9-15)20(25)14-23-18-7-6-17(13-19(18)29-21(23)26)30(27,28)24-10-4-3-5-16(24)2/h6-7,13,15-16H,3-5,8-12,14H2,1-2H3/t16-/m1/s1. The average Bonchev–Trinajstić information content (AvgIpc) is 3.03. The minimum atomic E-state index is -3.66. The van der Waals surface area contributed by atoms with Crippen LogP contribution in [0.15, 0.2) is 32.3 Å². The first-order chi connectivity index (χ1) is 14.3. The lowest BCUT2D eigenvalue weighted by atomic mass is 9.99. The fourth-order valence-electron chi connectivity index (χ4n) is 4.41. The van der Waals surface area contributed by atoms with E-state index in [1.807, 2.05) is 6.92 Å². The maximum atomic E-state index is 13.1. The monoisotopic (exact) mass is 435 g/mol. The number of rotatable bonds is 4. The summed E-state index contributed by atoms with van der Waals surface area (Å²) < 4.78 is 34.3. The summed E-state index contributed by atoms with van der Waals surface area (Å²) in [6, 6.07) is 4.41. The number of nitrogens with zero attached hydrogens (tertiary/aromatic N) is 3. The van der Waals surface area contributed by atoms with E-state index < -0.39 is 15.8 Å². The summed E-state index contributed by atoms with van der Waals surface area (Å²) >= 11 is 0. The topological polar surface area (TPSA) is 92.8 Å². The lowest BCUT2D eigenvalue weighted by molar-refractivity contribution is -0.133. The first-order valence-corrected chi connectivity index (χ1v) is 12.1. The summed E-state index contributed by atoms with van der Waals surface area (Å²) in [5, 5.41) is 0. The highest BCUT2D eigenvalue weighted by molar-refractivity contribution is 7.89. The molecule has 30 heavy (non-hydrogen) atoms. The molecule has 1 aromatic heterocycles. The van der Waals surface area contributed by atoms with E-state index in [0.29, 0.717) is 31.1 Å². The van der Waals surface area contributed by atoms with Crippen molar-refractivity contribution in [1.82, 2.24) is 13.8 Å². The molecule has 2 aliphatic heterocycles. The van der Waals surface area contributed by atoms with Gasteiger partial charge in [0, 0.05) is 31.7 Å². The number of piperidine rings is 2. The average molecular weight is 436 g/mol. The quantitative estimate of drug-likeness (QED) is 0.735. The molecule has 0 aliphatic carbocycles. The van der Waals surface area contributed by atoms with E-state index in [1.165, 1.54) is 21.0 Å². The van der Waals surface area contributed by atoms with E-state index in [1.54, 1.807) is 11.0 Å². The van der Waals surface area contributed by atoms with Crippen molar-refractivity contribution < 1.29 is 17.6 Å². The largest absolute Gasteiger partial charge is 0.420 e. The van der Waals surface area contributed by atoms with Crippen LogP contribution in [-0.4, -0.2) is 53.8 Å². The number of hydrogen-bond donors (Lipinski definition) is 0. The lowest BCUT2D eigenvalue weighted by Crippen LogP contribution is -2.41. The Hall–Kier alpha value is -2.13. The van der Waals surface area contributed by atoms with Gasteiger partial charge in [-0.25, -0.2) is 13.2 Å².